The van der Waals surface area contributed by atoms with Crippen molar-refractivity contribution in [1.82, 2.24) is 5.32 Å². The molecule has 0 radical (unpaired) electrons. The van der Waals surface area contributed by atoms with Crippen LogP contribution in [0.25, 0.3) is 21.5 Å². The molecule has 3 aromatic carbocycles. The number of hydrogen-bond donors (Lipinski definition) is 1. The van der Waals surface area contributed by atoms with E-state index in [4.69, 9.17) is 4.74 Å². The van der Waals surface area contributed by atoms with Crippen molar-refractivity contribution in [2.24, 2.45) is 5.92 Å². The molecule has 0 spiro atoms. The van der Waals surface area contributed by atoms with Gasteiger partial charge < -0.3 is 10.1 Å². The van der Waals surface area contributed by atoms with Crippen molar-refractivity contribution < 1.29 is 14.3 Å². The fourth-order valence-corrected chi connectivity index (χ4v) is 2.90. The molecule has 0 saturated heterocycles. The topological polar surface area (TPSA) is 55.4 Å². The van der Waals surface area contributed by atoms with Crippen molar-refractivity contribution in [3.8, 4) is 0 Å². The van der Waals surface area contributed by atoms with Crippen LogP contribution >= 0.6 is 0 Å². The van der Waals surface area contributed by atoms with Gasteiger partial charge in [-0.15, -0.1) is 0 Å². The molecule has 134 valence electrons. The van der Waals surface area contributed by atoms with E-state index < -0.39 is 5.97 Å². The SMILES string of the molecule is CC(C)[C@H](C)NC(=O)COC(=O)c1c2ccccc2cc2ccccc12. The predicted molar refractivity (Wildman–Crippen MR) is 104 cm³/mol. The smallest absolute Gasteiger partial charge is 0.339 e. The third-order valence-corrected chi connectivity index (χ3v) is 4.70. The van der Waals surface area contributed by atoms with Crippen LogP contribution in [-0.4, -0.2) is 24.5 Å². The van der Waals surface area contributed by atoms with Gasteiger partial charge in [-0.05, 0) is 40.5 Å². The van der Waals surface area contributed by atoms with E-state index in [1.54, 1.807) is 0 Å². The van der Waals surface area contributed by atoms with E-state index >= 15 is 0 Å². The number of rotatable bonds is 5. The number of ether oxygens (including phenoxy) is 1. The van der Waals surface area contributed by atoms with Gasteiger partial charge in [-0.2, -0.15) is 0 Å². The van der Waals surface area contributed by atoms with E-state index in [0.29, 0.717) is 11.5 Å². The minimum atomic E-state index is -0.481. The molecule has 1 N–H and O–H groups in total. The van der Waals surface area contributed by atoms with Gasteiger partial charge in [-0.25, -0.2) is 4.79 Å². The minimum Gasteiger partial charge on any atom is -0.452 e. The van der Waals surface area contributed by atoms with Gasteiger partial charge in [-0.3, -0.25) is 4.79 Å². The molecule has 4 nitrogen and oxygen atoms in total. The summed E-state index contributed by atoms with van der Waals surface area (Å²) in [7, 11) is 0. The zero-order valence-electron chi connectivity index (χ0n) is 15.3. The molecule has 0 saturated carbocycles. The summed E-state index contributed by atoms with van der Waals surface area (Å²) < 4.78 is 5.34. The maximum Gasteiger partial charge on any atom is 0.339 e. The molecule has 1 atom stereocenters. The number of nitrogens with one attached hydrogen (secondary N) is 1. The Balaban J connectivity index is 1.88. The van der Waals surface area contributed by atoms with Crippen molar-refractivity contribution in [1.29, 1.82) is 0 Å². The third-order valence-electron chi connectivity index (χ3n) is 4.70. The summed E-state index contributed by atoms with van der Waals surface area (Å²) >= 11 is 0. The monoisotopic (exact) mass is 349 g/mol. The summed E-state index contributed by atoms with van der Waals surface area (Å²) in [6, 6.07) is 17.5. The van der Waals surface area contributed by atoms with Gasteiger partial charge in [0.2, 0.25) is 0 Å². The number of hydrogen-bond acceptors (Lipinski definition) is 3. The summed E-state index contributed by atoms with van der Waals surface area (Å²) in [6.07, 6.45) is 0. The molecule has 0 fully saturated rings. The second-order valence-corrected chi connectivity index (χ2v) is 6.87. The molecule has 3 rings (SSSR count). The van der Waals surface area contributed by atoms with E-state index in [1.165, 1.54) is 0 Å². The summed E-state index contributed by atoms with van der Waals surface area (Å²) in [5.74, 6) is -0.453. The van der Waals surface area contributed by atoms with E-state index in [0.717, 1.165) is 21.5 Å². The lowest BCUT2D eigenvalue weighted by molar-refractivity contribution is -0.125. The highest BCUT2D eigenvalue weighted by atomic mass is 16.5. The fraction of sp³-hybridized carbons (Fsp3) is 0.273. The number of carbonyl (C=O) groups excluding carboxylic acids is 2. The Hall–Kier alpha value is -2.88. The molecule has 0 bridgehead atoms. The number of fused-ring (bicyclic) bond motifs is 2. The van der Waals surface area contributed by atoms with Gasteiger partial charge in [-0.1, -0.05) is 62.4 Å². The standard InChI is InChI=1S/C22H23NO3/c1-14(2)15(3)23-20(24)13-26-22(25)21-18-10-6-4-8-16(18)12-17-9-5-7-11-19(17)21/h4-12,14-15H,13H2,1-3H3,(H,23,24)/t15-/m0/s1. The largest absolute Gasteiger partial charge is 0.452 e. The second-order valence-electron chi connectivity index (χ2n) is 6.87. The van der Waals surface area contributed by atoms with Crippen LogP contribution in [0, 0.1) is 5.92 Å². The van der Waals surface area contributed by atoms with Gasteiger partial charge in [0.25, 0.3) is 5.91 Å². The minimum absolute atomic E-state index is 0.0274. The van der Waals surface area contributed by atoms with Crippen LogP contribution in [0.15, 0.2) is 54.6 Å². The first-order valence-electron chi connectivity index (χ1n) is 8.84. The first-order chi connectivity index (χ1) is 12.5. The molecule has 26 heavy (non-hydrogen) atoms. The lowest BCUT2D eigenvalue weighted by atomic mass is 9.97. The van der Waals surface area contributed by atoms with Crippen LogP contribution in [0.4, 0.5) is 0 Å². The number of amides is 1. The highest BCUT2D eigenvalue weighted by molar-refractivity contribution is 6.16. The molecule has 0 aromatic heterocycles. The number of carbonyl (C=O) groups is 2. The molecule has 3 aromatic rings. The number of esters is 1. The molecule has 0 unspecified atom stereocenters. The Kier molecular flexibility index (Phi) is 5.21. The molecule has 0 aliphatic carbocycles. The quantitative estimate of drug-likeness (QED) is 0.551. The number of benzene rings is 3. The van der Waals surface area contributed by atoms with Crippen LogP contribution in [0.5, 0.6) is 0 Å². The van der Waals surface area contributed by atoms with E-state index in [2.05, 4.69) is 11.4 Å². The Labute approximate surface area is 153 Å². The summed E-state index contributed by atoms with van der Waals surface area (Å²) in [4.78, 5) is 24.8. The predicted octanol–water partition coefficient (Wildman–Crippen LogP) is 4.31. The van der Waals surface area contributed by atoms with Crippen molar-refractivity contribution in [3.63, 3.8) is 0 Å². The van der Waals surface area contributed by atoms with Crippen LogP contribution in [0.2, 0.25) is 0 Å². The molecule has 0 aliphatic heterocycles. The molecule has 1 amide bonds. The zero-order valence-corrected chi connectivity index (χ0v) is 15.3. The lowest BCUT2D eigenvalue weighted by Crippen LogP contribution is -2.38. The Morgan fingerprint density at radius 1 is 0.923 bits per heavy atom. The van der Waals surface area contributed by atoms with Gasteiger partial charge >= 0.3 is 5.97 Å². The normalized spacial score (nSPS) is 12.3. The average molecular weight is 349 g/mol. The van der Waals surface area contributed by atoms with E-state index in [-0.39, 0.29) is 18.6 Å². The third kappa shape index (κ3) is 3.69. The highest BCUT2D eigenvalue weighted by Crippen LogP contribution is 2.29. The summed E-state index contributed by atoms with van der Waals surface area (Å²) in [6.45, 7) is 5.70. The molecular weight excluding hydrogens is 326 g/mol. The van der Waals surface area contributed by atoms with Crippen LogP contribution < -0.4 is 5.32 Å². The van der Waals surface area contributed by atoms with Gasteiger partial charge in [0, 0.05) is 6.04 Å². The van der Waals surface area contributed by atoms with Crippen molar-refractivity contribution in [3.05, 3.63) is 60.2 Å². The van der Waals surface area contributed by atoms with Crippen molar-refractivity contribution in [2.75, 3.05) is 6.61 Å². The zero-order chi connectivity index (χ0) is 18.7. The first kappa shape index (κ1) is 17.9. The maximum absolute atomic E-state index is 12.8. The second kappa shape index (κ2) is 7.56. The molecule has 0 heterocycles. The Bertz CT molecular complexity index is 908. The highest BCUT2D eigenvalue weighted by Gasteiger charge is 2.18. The molecule has 4 heteroatoms. The van der Waals surface area contributed by atoms with Gasteiger partial charge in [0.15, 0.2) is 6.61 Å². The van der Waals surface area contributed by atoms with Crippen molar-refractivity contribution in [2.45, 2.75) is 26.8 Å². The summed E-state index contributed by atoms with van der Waals surface area (Å²) in [5.41, 5.74) is 0.503. The van der Waals surface area contributed by atoms with Crippen molar-refractivity contribution >= 4 is 33.4 Å². The van der Waals surface area contributed by atoms with E-state index in [9.17, 15) is 9.59 Å². The van der Waals surface area contributed by atoms with E-state index in [1.807, 2.05) is 69.3 Å². The molecule has 0 aliphatic rings. The van der Waals surface area contributed by atoms with Gasteiger partial charge in [0.1, 0.15) is 0 Å². The fourth-order valence-electron chi connectivity index (χ4n) is 2.90. The van der Waals surface area contributed by atoms with Gasteiger partial charge in [0.05, 0.1) is 5.56 Å². The maximum atomic E-state index is 12.8. The Morgan fingerprint density at radius 2 is 1.46 bits per heavy atom. The Morgan fingerprint density at radius 3 is 2.00 bits per heavy atom. The summed E-state index contributed by atoms with van der Waals surface area (Å²) in [5, 5.41) is 6.43. The van der Waals surface area contributed by atoms with Crippen LogP contribution in [0.3, 0.4) is 0 Å². The molecular formula is C22H23NO3. The first-order valence-corrected chi connectivity index (χ1v) is 8.84. The van der Waals surface area contributed by atoms with Crippen LogP contribution in [-0.2, 0) is 9.53 Å². The average Bonchev–Trinajstić information content (AvgIpc) is 2.64. The van der Waals surface area contributed by atoms with Crippen LogP contribution in [0.1, 0.15) is 31.1 Å². The lowest BCUT2D eigenvalue weighted by Gasteiger charge is -2.17.